The number of nitrogens with one attached hydrogen (secondary N) is 1. The first-order chi connectivity index (χ1) is 11.0. The largest absolute Gasteiger partial charge is 0.444 e. The van der Waals surface area contributed by atoms with E-state index >= 15 is 0 Å². The number of anilines is 1. The van der Waals surface area contributed by atoms with Gasteiger partial charge in [-0.05, 0) is 32.9 Å². The molecular formula is C16H22FN3O4. The van der Waals surface area contributed by atoms with Crippen molar-refractivity contribution in [3.63, 3.8) is 0 Å². The van der Waals surface area contributed by atoms with Gasteiger partial charge in [-0.3, -0.25) is 5.32 Å². The summed E-state index contributed by atoms with van der Waals surface area (Å²) >= 11 is 0. The third-order valence-corrected chi connectivity index (χ3v) is 2.62. The average molecular weight is 339 g/mol. The minimum atomic E-state index is -0.846. The highest BCUT2D eigenvalue weighted by molar-refractivity contribution is 6.05. The van der Waals surface area contributed by atoms with Gasteiger partial charge in [0.05, 0.1) is 11.6 Å². The Labute approximate surface area is 140 Å². The van der Waals surface area contributed by atoms with Crippen LogP contribution in [0.2, 0.25) is 0 Å². The van der Waals surface area contributed by atoms with E-state index in [0.717, 1.165) is 6.07 Å². The highest BCUT2D eigenvalue weighted by Gasteiger charge is 2.20. The zero-order valence-corrected chi connectivity index (χ0v) is 14.3. The number of para-hydroxylation sites is 1. The molecule has 0 aliphatic rings. The van der Waals surface area contributed by atoms with Gasteiger partial charge in [-0.1, -0.05) is 25.1 Å². The maximum Gasteiger partial charge on any atom is 0.412 e. The predicted molar refractivity (Wildman–Crippen MR) is 87.9 cm³/mol. The lowest BCUT2D eigenvalue weighted by Gasteiger charge is -2.20. The predicted octanol–water partition coefficient (Wildman–Crippen LogP) is 2.99. The number of benzene rings is 1. The normalized spacial score (nSPS) is 12.0. The molecule has 1 aromatic rings. The van der Waals surface area contributed by atoms with E-state index in [4.69, 9.17) is 10.5 Å². The summed E-state index contributed by atoms with van der Waals surface area (Å²) in [5, 5.41) is 5.77. The molecule has 24 heavy (non-hydrogen) atoms. The number of amidine groups is 1. The van der Waals surface area contributed by atoms with E-state index in [1.807, 2.05) is 0 Å². The maximum atomic E-state index is 14.0. The second-order valence-corrected chi connectivity index (χ2v) is 6.33. The molecule has 0 heterocycles. The molecule has 0 aromatic heterocycles. The minimum absolute atomic E-state index is 0.0671. The van der Waals surface area contributed by atoms with Gasteiger partial charge >= 0.3 is 12.1 Å². The molecule has 1 amide bonds. The van der Waals surface area contributed by atoms with Crippen molar-refractivity contribution in [2.45, 2.75) is 40.2 Å². The van der Waals surface area contributed by atoms with Crippen LogP contribution in [-0.2, 0) is 14.4 Å². The zero-order valence-electron chi connectivity index (χ0n) is 14.3. The molecular weight excluding hydrogens is 317 g/mol. The van der Waals surface area contributed by atoms with Crippen LogP contribution < -0.4 is 11.1 Å². The van der Waals surface area contributed by atoms with Crippen LogP contribution in [0, 0.1) is 11.7 Å². The van der Waals surface area contributed by atoms with Gasteiger partial charge in [-0.25, -0.2) is 14.0 Å². The summed E-state index contributed by atoms with van der Waals surface area (Å²) in [4.78, 5) is 27.9. The number of oxime groups is 1. The third kappa shape index (κ3) is 5.86. The van der Waals surface area contributed by atoms with Gasteiger partial charge in [0.2, 0.25) is 0 Å². The molecule has 0 unspecified atom stereocenters. The molecule has 0 atom stereocenters. The summed E-state index contributed by atoms with van der Waals surface area (Å²) in [5.74, 6) is -1.97. The van der Waals surface area contributed by atoms with E-state index in [9.17, 15) is 14.0 Å². The third-order valence-electron chi connectivity index (χ3n) is 2.62. The molecule has 0 aliphatic heterocycles. The van der Waals surface area contributed by atoms with E-state index in [2.05, 4.69) is 15.3 Å². The van der Waals surface area contributed by atoms with Crippen LogP contribution >= 0.6 is 0 Å². The highest BCUT2D eigenvalue weighted by atomic mass is 19.1. The maximum absolute atomic E-state index is 14.0. The molecule has 0 bridgehead atoms. The second-order valence-electron chi connectivity index (χ2n) is 6.33. The van der Waals surface area contributed by atoms with Crippen LogP contribution in [0.4, 0.5) is 14.9 Å². The molecule has 8 heteroatoms. The average Bonchev–Trinajstić information content (AvgIpc) is 2.44. The van der Waals surface area contributed by atoms with E-state index in [-0.39, 0.29) is 17.1 Å². The van der Waals surface area contributed by atoms with Crippen LogP contribution in [0.15, 0.2) is 23.4 Å². The SMILES string of the molecule is CC(C)C(=O)O/N=C(\N)c1cccc(F)c1NC(=O)OC(C)(C)C. The summed E-state index contributed by atoms with van der Waals surface area (Å²) in [6.45, 7) is 8.29. The molecule has 3 N–H and O–H groups in total. The Balaban J connectivity index is 3.04. The molecule has 0 spiro atoms. The van der Waals surface area contributed by atoms with Crippen molar-refractivity contribution < 1.29 is 23.6 Å². The first-order valence-corrected chi connectivity index (χ1v) is 7.34. The van der Waals surface area contributed by atoms with Gasteiger partial charge < -0.3 is 15.3 Å². The molecule has 132 valence electrons. The van der Waals surface area contributed by atoms with Gasteiger partial charge in [0.15, 0.2) is 5.84 Å². The molecule has 0 aliphatic carbocycles. The summed E-state index contributed by atoms with van der Waals surface area (Å²) in [7, 11) is 0. The molecule has 1 rings (SSSR count). The minimum Gasteiger partial charge on any atom is -0.444 e. The lowest BCUT2D eigenvalue weighted by molar-refractivity contribution is -0.147. The van der Waals surface area contributed by atoms with Gasteiger partial charge in [0.25, 0.3) is 0 Å². The van der Waals surface area contributed by atoms with Crippen LogP contribution in [0.25, 0.3) is 0 Å². The quantitative estimate of drug-likeness (QED) is 0.380. The Hall–Kier alpha value is -2.64. The van der Waals surface area contributed by atoms with Crippen molar-refractivity contribution in [3.8, 4) is 0 Å². The van der Waals surface area contributed by atoms with Crippen LogP contribution in [0.5, 0.6) is 0 Å². The second kappa shape index (κ2) is 7.76. The number of nitrogens with zero attached hydrogens (tertiary/aromatic N) is 1. The van der Waals surface area contributed by atoms with Gasteiger partial charge in [0.1, 0.15) is 11.4 Å². The summed E-state index contributed by atoms with van der Waals surface area (Å²) < 4.78 is 19.1. The van der Waals surface area contributed by atoms with Crippen molar-refractivity contribution in [2.75, 3.05) is 5.32 Å². The number of amides is 1. The standard InChI is InChI=1S/C16H22FN3O4/c1-9(2)14(21)24-20-13(18)10-7-6-8-11(17)12(10)19-15(22)23-16(3,4)5/h6-9H,1-5H3,(H2,18,20)(H,19,22). The zero-order chi connectivity index (χ0) is 18.5. The Morgan fingerprint density at radius 2 is 1.92 bits per heavy atom. The fourth-order valence-electron chi connectivity index (χ4n) is 1.52. The van der Waals surface area contributed by atoms with E-state index in [1.165, 1.54) is 12.1 Å². The number of carbonyl (C=O) groups excluding carboxylic acids is 2. The Kier molecular flexibility index (Phi) is 6.27. The lowest BCUT2D eigenvalue weighted by Crippen LogP contribution is -2.28. The molecule has 0 radical (unpaired) electrons. The Bertz CT molecular complexity index is 651. The number of carbonyl (C=O) groups is 2. The Morgan fingerprint density at radius 1 is 1.29 bits per heavy atom. The number of hydrogen-bond donors (Lipinski definition) is 2. The van der Waals surface area contributed by atoms with Crippen molar-refractivity contribution in [1.82, 2.24) is 0 Å². The van der Waals surface area contributed by atoms with E-state index in [0.29, 0.717) is 0 Å². The lowest BCUT2D eigenvalue weighted by atomic mass is 10.1. The monoisotopic (exact) mass is 339 g/mol. The fraction of sp³-hybridized carbons (Fsp3) is 0.438. The van der Waals surface area contributed by atoms with Crippen LogP contribution in [0.3, 0.4) is 0 Å². The topological polar surface area (TPSA) is 103 Å². The van der Waals surface area contributed by atoms with Crippen molar-refractivity contribution >= 4 is 23.6 Å². The van der Waals surface area contributed by atoms with Gasteiger partial charge in [-0.2, -0.15) is 0 Å². The summed E-state index contributed by atoms with van der Waals surface area (Å²) in [6, 6.07) is 3.96. The van der Waals surface area contributed by atoms with E-state index < -0.39 is 29.4 Å². The van der Waals surface area contributed by atoms with Crippen LogP contribution in [-0.4, -0.2) is 23.5 Å². The first-order valence-electron chi connectivity index (χ1n) is 7.34. The van der Waals surface area contributed by atoms with Crippen molar-refractivity contribution in [1.29, 1.82) is 0 Å². The van der Waals surface area contributed by atoms with Crippen LogP contribution in [0.1, 0.15) is 40.2 Å². The number of nitrogens with two attached hydrogens (primary N) is 1. The van der Waals surface area contributed by atoms with Crippen molar-refractivity contribution in [2.24, 2.45) is 16.8 Å². The molecule has 1 aromatic carbocycles. The van der Waals surface area contributed by atoms with Crippen molar-refractivity contribution in [3.05, 3.63) is 29.6 Å². The van der Waals surface area contributed by atoms with E-state index in [1.54, 1.807) is 34.6 Å². The molecule has 7 nitrogen and oxygen atoms in total. The summed E-state index contributed by atoms with van der Waals surface area (Å²) in [5.41, 5.74) is 4.83. The summed E-state index contributed by atoms with van der Waals surface area (Å²) in [6.07, 6.45) is -0.846. The van der Waals surface area contributed by atoms with Gasteiger partial charge in [-0.15, -0.1) is 0 Å². The molecule has 0 saturated heterocycles. The molecule has 0 fully saturated rings. The molecule has 0 saturated carbocycles. The van der Waals surface area contributed by atoms with Gasteiger partial charge in [0, 0.05) is 5.56 Å². The Morgan fingerprint density at radius 3 is 2.46 bits per heavy atom. The number of ether oxygens (including phenoxy) is 1. The number of halogens is 1. The fourth-order valence-corrected chi connectivity index (χ4v) is 1.52. The first kappa shape index (κ1) is 19.4. The highest BCUT2D eigenvalue weighted by Crippen LogP contribution is 2.21. The number of hydrogen-bond acceptors (Lipinski definition) is 5. The number of rotatable bonds is 4. The smallest absolute Gasteiger partial charge is 0.412 e.